The quantitative estimate of drug-likeness (QED) is 0.458. The fourth-order valence-electron chi connectivity index (χ4n) is 3.70. The van der Waals surface area contributed by atoms with E-state index in [0.717, 1.165) is 18.9 Å². The van der Waals surface area contributed by atoms with Gasteiger partial charge in [-0.1, -0.05) is 47.0 Å². The summed E-state index contributed by atoms with van der Waals surface area (Å²) in [5.41, 5.74) is 0. The van der Waals surface area contributed by atoms with Crippen LogP contribution in [0.15, 0.2) is 18.7 Å². The summed E-state index contributed by atoms with van der Waals surface area (Å²) in [7, 11) is 0. The maximum Gasteiger partial charge on any atom is 0.247 e. The molecule has 0 spiro atoms. The number of halogens is 1. The summed E-state index contributed by atoms with van der Waals surface area (Å²) in [5.74, 6) is 2.19. The molecule has 0 saturated heterocycles. The van der Waals surface area contributed by atoms with Crippen molar-refractivity contribution in [2.75, 3.05) is 6.61 Å². The number of aromatic nitrogens is 2. The maximum atomic E-state index is 6.29. The minimum absolute atomic E-state index is 0. The third kappa shape index (κ3) is 7.67. The highest BCUT2D eigenvalue weighted by Crippen LogP contribution is 2.35. The van der Waals surface area contributed by atoms with Crippen molar-refractivity contribution in [1.82, 2.24) is 4.57 Å². The number of hydrogen-bond acceptors (Lipinski definition) is 2. The van der Waals surface area contributed by atoms with Crippen molar-refractivity contribution in [1.29, 1.82) is 0 Å². The van der Waals surface area contributed by atoms with Gasteiger partial charge in [-0.25, -0.2) is 9.13 Å². The first-order valence-electron chi connectivity index (χ1n) is 9.84. The molecule has 0 bridgehead atoms. The van der Waals surface area contributed by atoms with E-state index in [2.05, 4.69) is 55.6 Å². The molecular formula is C20H37ClN2O2. The molecule has 1 aromatic rings. The van der Waals surface area contributed by atoms with Gasteiger partial charge in [0.2, 0.25) is 6.33 Å². The van der Waals surface area contributed by atoms with Gasteiger partial charge in [0.05, 0.1) is 12.7 Å². The SMILES string of the molecule is CCCCCOC[n+]1ccn(CO[C@@H]2C[C@H](C)CC[C@H]2C(C)C)c1.[Cl-]. The molecule has 0 aliphatic heterocycles. The highest BCUT2D eigenvalue weighted by molar-refractivity contribution is 4.81. The van der Waals surface area contributed by atoms with Gasteiger partial charge < -0.3 is 21.9 Å². The fraction of sp³-hybridized carbons (Fsp3) is 0.850. The molecule has 1 aliphatic carbocycles. The van der Waals surface area contributed by atoms with Crippen molar-refractivity contribution < 1.29 is 26.4 Å². The van der Waals surface area contributed by atoms with Gasteiger partial charge in [0.15, 0.2) is 13.5 Å². The highest BCUT2D eigenvalue weighted by Gasteiger charge is 2.31. The number of hydrogen-bond donors (Lipinski definition) is 0. The van der Waals surface area contributed by atoms with E-state index in [1.54, 1.807) is 0 Å². The van der Waals surface area contributed by atoms with Crippen LogP contribution in [0.2, 0.25) is 0 Å². The van der Waals surface area contributed by atoms with Crippen molar-refractivity contribution in [3.8, 4) is 0 Å². The minimum Gasteiger partial charge on any atom is -1.00 e. The summed E-state index contributed by atoms with van der Waals surface area (Å²) in [6, 6.07) is 0. The van der Waals surface area contributed by atoms with Gasteiger partial charge in [-0.05, 0) is 37.0 Å². The maximum absolute atomic E-state index is 6.29. The van der Waals surface area contributed by atoms with Crippen LogP contribution in [0.3, 0.4) is 0 Å². The number of ether oxygens (including phenoxy) is 2. The zero-order chi connectivity index (χ0) is 17.4. The van der Waals surface area contributed by atoms with E-state index in [1.165, 1.54) is 32.1 Å². The molecule has 1 heterocycles. The fourth-order valence-corrected chi connectivity index (χ4v) is 3.70. The lowest BCUT2D eigenvalue weighted by Crippen LogP contribution is -3.00. The highest BCUT2D eigenvalue weighted by atomic mass is 35.5. The van der Waals surface area contributed by atoms with Crippen LogP contribution < -0.4 is 17.0 Å². The first-order chi connectivity index (χ1) is 11.6. The lowest BCUT2D eigenvalue weighted by molar-refractivity contribution is -0.732. The van der Waals surface area contributed by atoms with Gasteiger partial charge in [0.1, 0.15) is 12.4 Å². The molecule has 0 radical (unpaired) electrons. The summed E-state index contributed by atoms with van der Waals surface area (Å²) in [6.07, 6.45) is 14.1. The van der Waals surface area contributed by atoms with Gasteiger partial charge in [-0.2, -0.15) is 0 Å². The molecule has 0 aromatic carbocycles. The molecule has 4 nitrogen and oxygen atoms in total. The Morgan fingerprint density at radius 1 is 1.24 bits per heavy atom. The Balaban J connectivity index is 0.00000312. The number of rotatable bonds is 10. The minimum atomic E-state index is 0. The Bertz CT molecular complexity index is 464. The monoisotopic (exact) mass is 372 g/mol. The molecule has 1 aliphatic rings. The third-order valence-corrected chi connectivity index (χ3v) is 5.28. The normalized spacial score (nSPS) is 23.6. The van der Waals surface area contributed by atoms with Gasteiger partial charge in [-0.15, -0.1) is 0 Å². The summed E-state index contributed by atoms with van der Waals surface area (Å²) in [4.78, 5) is 0. The lowest BCUT2D eigenvalue weighted by atomic mass is 9.75. The van der Waals surface area contributed by atoms with Crippen LogP contribution >= 0.6 is 0 Å². The van der Waals surface area contributed by atoms with Crippen LogP contribution in [0.5, 0.6) is 0 Å². The molecule has 1 fully saturated rings. The van der Waals surface area contributed by atoms with Crippen LogP contribution in [0.4, 0.5) is 0 Å². The third-order valence-electron chi connectivity index (χ3n) is 5.28. The number of unbranched alkanes of at least 4 members (excludes halogenated alkanes) is 2. The van der Waals surface area contributed by atoms with Gasteiger partial charge in [0.25, 0.3) is 0 Å². The van der Waals surface area contributed by atoms with Crippen LogP contribution in [-0.2, 0) is 22.9 Å². The molecule has 0 unspecified atom stereocenters. The molecule has 1 saturated carbocycles. The Morgan fingerprint density at radius 2 is 2.04 bits per heavy atom. The average molecular weight is 373 g/mol. The second-order valence-corrected chi connectivity index (χ2v) is 7.85. The zero-order valence-electron chi connectivity index (χ0n) is 16.5. The molecule has 0 amide bonds. The van der Waals surface area contributed by atoms with Gasteiger partial charge >= 0.3 is 0 Å². The first kappa shape index (κ1) is 22.5. The van der Waals surface area contributed by atoms with Crippen LogP contribution in [0, 0.1) is 17.8 Å². The topological polar surface area (TPSA) is 27.3 Å². The van der Waals surface area contributed by atoms with Crippen molar-refractivity contribution >= 4 is 0 Å². The molecule has 3 atom stereocenters. The predicted molar refractivity (Wildman–Crippen MR) is 96.3 cm³/mol. The van der Waals surface area contributed by atoms with E-state index in [9.17, 15) is 0 Å². The van der Waals surface area contributed by atoms with Crippen molar-refractivity contribution in [2.45, 2.75) is 85.8 Å². The van der Waals surface area contributed by atoms with E-state index in [0.29, 0.717) is 31.4 Å². The summed E-state index contributed by atoms with van der Waals surface area (Å²) in [6.45, 7) is 11.3. The van der Waals surface area contributed by atoms with Crippen LogP contribution in [0.1, 0.15) is 66.2 Å². The molecular weight excluding hydrogens is 336 g/mol. The Morgan fingerprint density at radius 3 is 2.76 bits per heavy atom. The standard InChI is InChI=1S/C20H37N2O2.ClH/c1-5-6-7-12-23-15-21-10-11-22(14-21)16-24-20-13-18(4)8-9-19(20)17(2)3;/h10-11,14,17-20H,5-9,12-13,15-16H2,1-4H3;1H/q+1;/p-1/t18-,19+,20-;/m1./s1. The molecule has 0 N–H and O–H groups in total. The van der Waals surface area contributed by atoms with Gasteiger partial charge in [-0.3, -0.25) is 0 Å². The molecule has 146 valence electrons. The lowest BCUT2D eigenvalue weighted by Gasteiger charge is -2.36. The van der Waals surface area contributed by atoms with E-state index >= 15 is 0 Å². The Hall–Kier alpha value is -0.580. The van der Waals surface area contributed by atoms with Gasteiger partial charge in [0, 0.05) is 0 Å². The van der Waals surface area contributed by atoms with E-state index in [-0.39, 0.29) is 12.4 Å². The van der Waals surface area contributed by atoms with Crippen molar-refractivity contribution in [3.05, 3.63) is 18.7 Å². The van der Waals surface area contributed by atoms with E-state index in [4.69, 9.17) is 9.47 Å². The predicted octanol–water partition coefficient (Wildman–Crippen LogP) is 1.38. The molecule has 2 rings (SSSR count). The number of imidazole rings is 1. The van der Waals surface area contributed by atoms with E-state index < -0.39 is 0 Å². The summed E-state index contributed by atoms with van der Waals surface area (Å²) < 4.78 is 16.2. The Labute approximate surface area is 160 Å². The average Bonchev–Trinajstić information content (AvgIpc) is 3.00. The summed E-state index contributed by atoms with van der Waals surface area (Å²) in [5, 5.41) is 0. The second kappa shape index (κ2) is 11.9. The van der Waals surface area contributed by atoms with Crippen LogP contribution in [0.25, 0.3) is 0 Å². The van der Waals surface area contributed by atoms with E-state index in [1.807, 2.05) is 0 Å². The summed E-state index contributed by atoms with van der Waals surface area (Å²) >= 11 is 0. The zero-order valence-corrected chi connectivity index (χ0v) is 17.3. The smallest absolute Gasteiger partial charge is 0.247 e. The Kier molecular flexibility index (Phi) is 10.7. The number of nitrogens with zero attached hydrogens (tertiary/aromatic N) is 2. The molecule has 25 heavy (non-hydrogen) atoms. The largest absolute Gasteiger partial charge is 1.00 e. The van der Waals surface area contributed by atoms with Crippen molar-refractivity contribution in [3.63, 3.8) is 0 Å². The van der Waals surface area contributed by atoms with Crippen LogP contribution in [-0.4, -0.2) is 17.3 Å². The second-order valence-electron chi connectivity index (χ2n) is 7.85. The first-order valence-corrected chi connectivity index (χ1v) is 9.84. The molecule has 5 heteroatoms. The van der Waals surface area contributed by atoms with Crippen molar-refractivity contribution in [2.24, 2.45) is 17.8 Å². The molecule has 1 aromatic heterocycles.